The Bertz CT molecular complexity index is 939. The third-order valence-electron chi connectivity index (χ3n) is 4.36. The van der Waals surface area contributed by atoms with Gasteiger partial charge in [-0.15, -0.1) is 0 Å². The number of pyridine rings is 1. The summed E-state index contributed by atoms with van der Waals surface area (Å²) in [5, 5.41) is 5.79. The highest BCUT2D eigenvalue weighted by molar-refractivity contribution is 5.88. The van der Waals surface area contributed by atoms with E-state index in [2.05, 4.69) is 20.6 Å². The number of imidazole rings is 1. The van der Waals surface area contributed by atoms with Crippen LogP contribution in [0, 0.1) is 5.92 Å². The molecule has 150 valence electrons. The summed E-state index contributed by atoms with van der Waals surface area (Å²) < 4.78 is 1.79. The topological polar surface area (TPSA) is 88.9 Å². The predicted molar refractivity (Wildman–Crippen MR) is 110 cm³/mol. The molecule has 1 unspecified atom stereocenters. The van der Waals surface area contributed by atoms with Crippen LogP contribution in [0.25, 0.3) is 5.82 Å². The molecule has 2 heterocycles. The highest BCUT2D eigenvalue weighted by atomic mass is 16.2. The number of carbonyl (C=O) groups excluding carboxylic acids is 2. The zero-order valence-corrected chi connectivity index (χ0v) is 16.6. The van der Waals surface area contributed by atoms with Gasteiger partial charge < -0.3 is 10.6 Å². The lowest BCUT2D eigenvalue weighted by Crippen LogP contribution is -2.40. The monoisotopic (exact) mass is 391 g/mol. The van der Waals surface area contributed by atoms with Crippen molar-refractivity contribution >= 4 is 11.8 Å². The SMILES string of the molecule is CC(C)CC(=O)NC(C(=O)NCc1cccnc1-n1ccnc1)c1ccccc1. The van der Waals surface area contributed by atoms with Crippen molar-refractivity contribution in [2.45, 2.75) is 32.9 Å². The molecule has 0 aliphatic heterocycles. The van der Waals surface area contributed by atoms with Crippen LogP contribution in [0.4, 0.5) is 0 Å². The average Bonchev–Trinajstić information content (AvgIpc) is 3.25. The van der Waals surface area contributed by atoms with Crippen LogP contribution < -0.4 is 10.6 Å². The molecule has 0 saturated heterocycles. The van der Waals surface area contributed by atoms with Gasteiger partial charge in [0, 0.05) is 37.1 Å². The minimum Gasteiger partial charge on any atom is -0.350 e. The molecule has 7 heteroatoms. The summed E-state index contributed by atoms with van der Waals surface area (Å²) in [4.78, 5) is 33.7. The lowest BCUT2D eigenvalue weighted by Gasteiger charge is -2.20. The second kappa shape index (κ2) is 9.64. The summed E-state index contributed by atoms with van der Waals surface area (Å²) in [6, 6.07) is 12.2. The molecular weight excluding hydrogens is 366 g/mol. The number of aromatic nitrogens is 3. The second-order valence-corrected chi connectivity index (χ2v) is 7.18. The van der Waals surface area contributed by atoms with Crippen LogP contribution in [0.3, 0.4) is 0 Å². The fourth-order valence-electron chi connectivity index (χ4n) is 3.01. The zero-order chi connectivity index (χ0) is 20.6. The minimum atomic E-state index is -0.754. The summed E-state index contributed by atoms with van der Waals surface area (Å²) >= 11 is 0. The Labute approximate surface area is 170 Å². The maximum Gasteiger partial charge on any atom is 0.247 e. The van der Waals surface area contributed by atoms with Gasteiger partial charge in [-0.05, 0) is 17.5 Å². The van der Waals surface area contributed by atoms with Crippen molar-refractivity contribution in [3.05, 3.63) is 78.5 Å². The van der Waals surface area contributed by atoms with Crippen LogP contribution in [0.2, 0.25) is 0 Å². The van der Waals surface area contributed by atoms with Gasteiger partial charge >= 0.3 is 0 Å². The van der Waals surface area contributed by atoms with Crippen LogP contribution in [0.1, 0.15) is 37.4 Å². The number of carbonyl (C=O) groups is 2. The van der Waals surface area contributed by atoms with Crippen molar-refractivity contribution in [2.24, 2.45) is 5.92 Å². The first-order valence-corrected chi connectivity index (χ1v) is 9.59. The highest BCUT2D eigenvalue weighted by Gasteiger charge is 2.23. The Morgan fingerprint density at radius 2 is 1.86 bits per heavy atom. The van der Waals surface area contributed by atoms with E-state index in [9.17, 15) is 9.59 Å². The first-order chi connectivity index (χ1) is 14.0. The molecule has 3 aromatic rings. The Kier molecular flexibility index (Phi) is 6.73. The van der Waals surface area contributed by atoms with Gasteiger partial charge in [-0.3, -0.25) is 14.2 Å². The number of hydrogen-bond donors (Lipinski definition) is 2. The Hall–Kier alpha value is -3.48. The largest absolute Gasteiger partial charge is 0.350 e. The third kappa shape index (κ3) is 5.51. The molecule has 3 rings (SSSR count). The quantitative estimate of drug-likeness (QED) is 0.618. The number of benzene rings is 1. The fraction of sp³-hybridized carbons (Fsp3) is 0.273. The zero-order valence-electron chi connectivity index (χ0n) is 16.6. The van der Waals surface area contributed by atoms with Gasteiger partial charge in [0.15, 0.2) is 0 Å². The molecule has 0 radical (unpaired) electrons. The van der Waals surface area contributed by atoms with E-state index in [-0.39, 0.29) is 24.3 Å². The number of nitrogens with one attached hydrogen (secondary N) is 2. The van der Waals surface area contributed by atoms with Gasteiger partial charge in [-0.25, -0.2) is 9.97 Å². The van der Waals surface area contributed by atoms with Crippen LogP contribution in [0.15, 0.2) is 67.4 Å². The molecule has 0 saturated carbocycles. The molecule has 0 aliphatic carbocycles. The van der Waals surface area contributed by atoms with Crippen LogP contribution in [-0.4, -0.2) is 26.3 Å². The van der Waals surface area contributed by atoms with Crippen molar-refractivity contribution in [2.75, 3.05) is 0 Å². The number of hydrogen-bond acceptors (Lipinski definition) is 4. The third-order valence-corrected chi connectivity index (χ3v) is 4.36. The van der Waals surface area contributed by atoms with E-state index in [4.69, 9.17) is 0 Å². The molecule has 0 fully saturated rings. The average molecular weight is 391 g/mol. The molecule has 7 nitrogen and oxygen atoms in total. The van der Waals surface area contributed by atoms with Crippen molar-refractivity contribution in [1.82, 2.24) is 25.2 Å². The molecular formula is C22H25N5O2. The second-order valence-electron chi connectivity index (χ2n) is 7.18. The standard InChI is InChI=1S/C22H25N5O2/c1-16(2)13-19(28)26-20(17-7-4-3-5-8-17)22(29)25-14-18-9-6-10-24-21(18)27-12-11-23-15-27/h3-12,15-16,20H,13-14H2,1-2H3,(H,25,29)(H,26,28). The lowest BCUT2D eigenvalue weighted by atomic mass is 10.0. The Morgan fingerprint density at radius 1 is 1.07 bits per heavy atom. The maximum atomic E-state index is 13.0. The van der Waals surface area contributed by atoms with Gasteiger partial charge in [0.2, 0.25) is 11.8 Å². The number of amides is 2. The first kappa shape index (κ1) is 20.3. The van der Waals surface area contributed by atoms with E-state index in [1.165, 1.54) is 0 Å². The molecule has 0 spiro atoms. The predicted octanol–water partition coefficient (Wildman–Crippen LogP) is 2.79. The summed E-state index contributed by atoms with van der Waals surface area (Å²) in [7, 11) is 0. The van der Waals surface area contributed by atoms with Crippen molar-refractivity contribution in [1.29, 1.82) is 0 Å². The molecule has 1 aromatic carbocycles. The summed E-state index contributed by atoms with van der Waals surface area (Å²) in [5.74, 6) is 0.492. The van der Waals surface area contributed by atoms with Crippen molar-refractivity contribution < 1.29 is 9.59 Å². The van der Waals surface area contributed by atoms with Gasteiger partial charge in [0.05, 0.1) is 0 Å². The lowest BCUT2D eigenvalue weighted by molar-refractivity contribution is -0.129. The molecule has 2 N–H and O–H groups in total. The van der Waals surface area contributed by atoms with Crippen LogP contribution in [-0.2, 0) is 16.1 Å². The minimum absolute atomic E-state index is 0.149. The smallest absolute Gasteiger partial charge is 0.247 e. The molecule has 0 bridgehead atoms. The van der Waals surface area contributed by atoms with E-state index < -0.39 is 6.04 Å². The summed E-state index contributed by atoms with van der Waals surface area (Å²) in [6.07, 6.45) is 7.19. The van der Waals surface area contributed by atoms with Gasteiger partial charge in [0.25, 0.3) is 0 Å². The van der Waals surface area contributed by atoms with E-state index in [1.807, 2.05) is 56.3 Å². The number of nitrogens with zero attached hydrogens (tertiary/aromatic N) is 3. The summed E-state index contributed by atoms with van der Waals surface area (Å²) in [6.45, 7) is 4.22. The summed E-state index contributed by atoms with van der Waals surface area (Å²) in [5.41, 5.74) is 1.59. The number of rotatable bonds is 8. The van der Waals surface area contributed by atoms with Crippen LogP contribution in [0.5, 0.6) is 0 Å². The van der Waals surface area contributed by atoms with Crippen molar-refractivity contribution in [3.8, 4) is 5.82 Å². The molecule has 2 amide bonds. The normalized spacial score (nSPS) is 11.8. The van der Waals surface area contributed by atoms with Gasteiger partial charge in [0.1, 0.15) is 18.2 Å². The first-order valence-electron chi connectivity index (χ1n) is 9.59. The van der Waals surface area contributed by atoms with E-state index in [0.717, 1.165) is 11.1 Å². The van der Waals surface area contributed by atoms with E-state index in [1.54, 1.807) is 29.5 Å². The Balaban J connectivity index is 1.75. The molecule has 1 atom stereocenters. The molecule has 0 aliphatic rings. The maximum absolute atomic E-state index is 13.0. The van der Waals surface area contributed by atoms with Gasteiger partial charge in [-0.2, -0.15) is 0 Å². The van der Waals surface area contributed by atoms with E-state index >= 15 is 0 Å². The van der Waals surface area contributed by atoms with Crippen molar-refractivity contribution in [3.63, 3.8) is 0 Å². The fourth-order valence-corrected chi connectivity index (χ4v) is 3.01. The van der Waals surface area contributed by atoms with Gasteiger partial charge in [-0.1, -0.05) is 50.2 Å². The highest BCUT2D eigenvalue weighted by Crippen LogP contribution is 2.15. The van der Waals surface area contributed by atoms with Crippen LogP contribution >= 0.6 is 0 Å². The molecule has 29 heavy (non-hydrogen) atoms. The van der Waals surface area contributed by atoms with E-state index in [0.29, 0.717) is 12.2 Å². The molecule has 2 aromatic heterocycles. The Morgan fingerprint density at radius 3 is 2.55 bits per heavy atom.